The molecule has 0 aliphatic carbocycles. The lowest BCUT2D eigenvalue weighted by atomic mass is 10.1. The van der Waals surface area contributed by atoms with Crippen LogP contribution in [0.3, 0.4) is 0 Å². The number of carboxylic acids is 1. The summed E-state index contributed by atoms with van der Waals surface area (Å²) in [6.07, 6.45) is 6.05. The number of hydrogen-bond donors (Lipinski definition) is 7. The topological polar surface area (TPSA) is 203 Å². The highest BCUT2D eigenvalue weighted by Crippen LogP contribution is 2.22. The molecule has 8 N–H and O–H groups in total. The van der Waals surface area contributed by atoms with Crippen molar-refractivity contribution < 1.29 is 44.7 Å². The number of primary amides is 1. The van der Waals surface area contributed by atoms with Crippen LogP contribution < -0.4 is 16.0 Å². The number of carboxylic acid groups (broad SMARTS) is 2. The second-order valence-corrected chi connectivity index (χ2v) is 9.75. The first kappa shape index (κ1) is 36.3. The van der Waals surface area contributed by atoms with E-state index in [1.54, 1.807) is 30.3 Å². The molecule has 12 heteroatoms. The summed E-state index contributed by atoms with van der Waals surface area (Å²) in [5.74, 6) is -1.09. The van der Waals surface area contributed by atoms with Crippen LogP contribution in [-0.4, -0.2) is 76.4 Å². The second-order valence-electron chi connectivity index (χ2n) is 9.75. The number of aliphatic hydroxyl groups excluding tert-OH is 2. The van der Waals surface area contributed by atoms with Crippen LogP contribution in [0.25, 0.3) is 0 Å². The zero-order valence-electron chi connectivity index (χ0n) is 24.2. The number of nitrogens with zero attached hydrogens (tertiary/aromatic N) is 1. The van der Waals surface area contributed by atoms with Crippen LogP contribution in [-0.2, 0) is 27.4 Å². The Balaban J connectivity index is 0.00000281. The summed E-state index contributed by atoms with van der Waals surface area (Å²) < 4.78 is 5.74. The second kappa shape index (κ2) is 21.1. The molecule has 0 heterocycles. The fourth-order valence-corrected chi connectivity index (χ4v) is 4.25. The first-order chi connectivity index (χ1) is 20.2. The molecule has 42 heavy (non-hydrogen) atoms. The molecular weight excluding hydrogens is 546 g/mol. The number of benzene rings is 2. The zero-order chi connectivity index (χ0) is 31.3. The largest absolute Gasteiger partial charge is 0.508 e. The summed E-state index contributed by atoms with van der Waals surface area (Å²) in [5, 5.41) is 48.5. The van der Waals surface area contributed by atoms with Gasteiger partial charge in [0.05, 0.1) is 12.7 Å². The number of carbonyl (C=O) groups excluding carboxylic acids is 1. The number of amides is 2. The number of rotatable bonds is 19. The minimum absolute atomic E-state index is 0.0247. The Labute approximate surface area is 246 Å². The number of phenols is 1. The van der Waals surface area contributed by atoms with Crippen LogP contribution in [0.1, 0.15) is 68.2 Å². The monoisotopic (exact) mass is 591 g/mol. The highest BCUT2D eigenvalue weighted by Gasteiger charge is 2.25. The standard InChI is InChI=1S/C29H43N3O7.CH2O2/c1-21(28(36)37)32(29(30)38)25-11-8-10-22(17-25)9-4-7-16-39-15-6-3-2-5-14-31-19-27(35)23-12-13-26(34)24(18-23)20-33;2-1-3/h8,10-13,17-18,21,27,31,33-35H,2-7,9,14-16,19-20H2,1H3,(H2,30,38)(H,36,37);1H,(H,2,3)/t21?,27-;/m0./s1. The fourth-order valence-electron chi connectivity index (χ4n) is 4.25. The molecule has 1 unspecified atom stereocenters. The number of urea groups is 1. The molecule has 234 valence electrons. The lowest BCUT2D eigenvalue weighted by Crippen LogP contribution is -2.46. The molecule has 0 saturated carbocycles. The number of aromatic hydroxyl groups is 1. The molecule has 0 aliphatic heterocycles. The number of nitrogens with one attached hydrogen (secondary N) is 1. The molecule has 2 aromatic rings. The highest BCUT2D eigenvalue weighted by molar-refractivity contribution is 5.97. The maximum atomic E-state index is 11.8. The molecule has 12 nitrogen and oxygen atoms in total. The van der Waals surface area contributed by atoms with E-state index >= 15 is 0 Å². The molecule has 0 bridgehead atoms. The third-order valence-corrected chi connectivity index (χ3v) is 6.56. The van der Waals surface area contributed by atoms with Gasteiger partial charge < -0.3 is 41.3 Å². The lowest BCUT2D eigenvalue weighted by Gasteiger charge is -2.25. The quantitative estimate of drug-likeness (QED) is 0.0939. The van der Waals surface area contributed by atoms with Gasteiger partial charge in [-0.05, 0) is 81.0 Å². The van der Waals surface area contributed by atoms with Gasteiger partial charge in [-0.25, -0.2) is 9.59 Å². The van der Waals surface area contributed by atoms with E-state index < -0.39 is 24.1 Å². The van der Waals surface area contributed by atoms with Gasteiger partial charge in [0.1, 0.15) is 11.8 Å². The maximum absolute atomic E-state index is 11.8. The van der Waals surface area contributed by atoms with Crippen LogP contribution in [0.5, 0.6) is 5.75 Å². The van der Waals surface area contributed by atoms with Gasteiger partial charge in [-0.2, -0.15) is 0 Å². The Bertz CT molecular complexity index is 1080. The Kier molecular flexibility index (Phi) is 18.2. The number of ether oxygens (including phenoxy) is 1. The van der Waals surface area contributed by atoms with Gasteiger partial charge in [0.15, 0.2) is 0 Å². The molecule has 2 amide bonds. The van der Waals surface area contributed by atoms with Gasteiger partial charge in [-0.3, -0.25) is 9.69 Å². The summed E-state index contributed by atoms with van der Waals surface area (Å²) in [7, 11) is 0. The van der Waals surface area contributed by atoms with E-state index in [-0.39, 0.29) is 18.8 Å². The summed E-state index contributed by atoms with van der Waals surface area (Å²) >= 11 is 0. The average Bonchev–Trinajstić information content (AvgIpc) is 2.96. The fraction of sp³-hybridized carbons (Fsp3) is 0.500. The molecule has 0 aliphatic rings. The van der Waals surface area contributed by atoms with E-state index in [1.165, 1.54) is 13.0 Å². The average molecular weight is 592 g/mol. The molecule has 0 spiro atoms. The van der Waals surface area contributed by atoms with Crippen molar-refractivity contribution in [1.82, 2.24) is 5.32 Å². The third-order valence-electron chi connectivity index (χ3n) is 6.56. The molecular formula is C30H45N3O9. The minimum Gasteiger partial charge on any atom is -0.508 e. The minimum atomic E-state index is -1.12. The molecule has 0 aromatic heterocycles. The van der Waals surface area contributed by atoms with E-state index in [9.17, 15) is 30.0 Å². The third kappa shape index (κ3) is 13.8. The van der Waals surface area contributed by atoms with Crippen molar-refractivity contribution in [1.29, 1.82) is 0 Å². The number of nitrogens with two attached hydrogens (primary N) is 1. The lowest BCUT2D eigenvalue weighted by molar-refractivity contribution is -0.138. The van der Waals surface area contributed by atoms with E-state index in [4.69, 9.17) is 20.4 Å². The summed E-state index contributed by atoms with van der Waals surface area (Å²) in [5.41, 5.74) is 7.96. The van der Waals surface area contributed by atoms with Crippen LogP contribution >= 0.6 is 0 Å². The predicted octanol–water partition coefficient (Wildman–Crippen LogP) is 3.17. The molecule has 2 atom stereocenters. The summed E-state index contributed by atoms with van der Waals surface area (Å²) in [4.78, 5) is 32.5. The van der Waals surface area contributed by atoms with Crippen molar-refractivity contribution in [2.45, 2.75) is 70.6 Å². The van der Waals surface area contributed by atoms with Gasteiger partial charge in [-0.1, -0.05) is 31.0 Å². The van der Waals surface area contributed by atoms with Crippen molar-refractivity contribution in [3.05, 3.63) is 59.2 Å². The Hall–Kier alpha value is -3.71. The van der Waals surface area contributed by atoms with Crippen LogP contribution in [0.4, 0.5) is 10.5 Å². The van der Waals surface area contributed by atoms with Gasteiger partial charge in [-0.15, -0.1) is 0 Å². The Morgan fingerprint density at radius 2 is 1.71 bits per heavy atom. The first-order valence-corrected chi connectivity index (χ1v) is 14.0. The molecule has 0 fully saturated rings. The number of aryl methyl sites for hydroxylation is 1. The van der Waals surface area contributed by atoms with Crippen LogP contribution in [0, 0.1) is 0 Å². The first-order valence-electron chi connectivity index (χ1n) is 14.0. The van der Waals surface area contributed by atoms with E-state index in [0.29, 0.717) is 30.0 Å². The van der Waals surface area contributed by atoms with Crippen molar-refractivity contribution in [3.8, 4) is 5.75 Å². The van der Waals surface area contributed by atoms with Gasteiger partial charge in [0.2, 0.25) is 0 Å². The van der Waals surface area contributed by atoms with Gasteiger partial charge in [0, 0.05) is 31.0 Å². The van der Waals surface area contributed by atoms with Crippen LogP contribution in [0.2, 0.25) is 0 Å². The molecule has 0 saturated heterocycles. The molecule has 0 radical (unpaired) electrons. The van der Waals surface area contributed by atoms with Crippen molar-refractivity contribution in [3.63, 3.8) is 0 Å². The van der Waals surface area contributed by atoms with E-state index in [1.807, 2.05) is 6.07 Å². The van der Waals surface area contributed by atoms with Crippen molar-refractivity contribution in [2.75, 3.05) is 31.2 Å². The zero-order valence-corrected chi connectivity index (χ0v) is 24.2. The summed E-state index contributed by atoms with van der Waals surface area (Å²) in [6.45, 7) is 3.52. The Morgan fingerprint density at radius 3 is 2.36 bits per heavy atom. The molecule has 2 rings (SSSR count). The van der Waals surface area contributed by atoms with E-state index in [2.05, 4.69) is 5.32 Å². The van der Waals surface area contributed by atoms with Crippen molar-refractivity contribution >= 4 is 24.2 Å². The van der Waals surface area contributed by atoms with Crippen LogP contribution in [0.15, 0.2) is 42.5 Å². The smallest absolute Gasteiger partial charge is 0.326 e. The number of anilines is 1. The van der Waals surface area contributed by atoms with Gasteiger partial charge in [0.25, 0.3) is 6.47 Å². The number of aliphatic hydroxyl groups is 2. The SMILES string of the molecule is CC(C(=O)O)N(C(N)=O)c1cccc(CCCCOCCCCCCNC[C@H](O)c2ccc(O)c(CO)c2)c1.O=CO. The predicted molar refractivity (Wildman–Crippen MR) is 158 cm³/mol. The number of carbonyl (C=O) groups is 3. The number of unbranched alkanes of at least 4 members (excludes halogenated alkanes) is 4. The number of hydrogen-bond acceptors (Lipinski definition) is 8. The number of aliphatic carboxylic acids is 1. The highest BCUT2D eigenvalue weighted by atomic mass is 16.5. The normalized spacial score (nSPS) is 12.1. The van der Waals surface area contributed by atoms with E-state index in [0.717, 1.165) is 68.6 Å². The Morgan fingerprint density at radius 1 is 1.05 bits per heavy atom. The van der Waals surface area contributed by atoms with Crippen molar-refractivity contribution in [2.24, 2.45) is 5.73 Å². The summed E-state index contributed by atoms with van der Waals surface area (Å²) in [6, 6.07) is 10.1. The maximum Gasteiger partial charge on any atom is 0.326 e. The molecule has 2 aromatic carbocycles. The van der Waals surface area contributed by atoms with Gasteiger partial charge >= 0.3 is 12.0 Å².